The Morgan fingerprint density at radius 3 is 0.884 bits per heavy atom. The molecule has 0 saturated heterocycles. The van der Waals surface area contributed by atoms with Crippen LogP contribution in [0.5, 0.6) is 0 Å². The number of ether oxygens (including phenoxy) is 4. The van der Waals surface area contributed by atoms with Gasteiger partial charge in [0.2, 0.25) is 0 Å². The number of carbonyl (C=O) groups excluding carboxylic acids is 4. The number of rotatable bonds is 70. The average Bonchev–Trinajstić information content (AvgIpc) is 2.55. The second-order valence-electron chi connectivity index (χ2n) is 25.6. The Bertz CT molecular complexity index is 2110. The monoisotopic (exact) mass is 1380 g/mol. The molecular weight excluding hydrogens is 1250 g/mol. The number of allylic oxidation sites excluding steroid dienone is 12. The van der Waals surface area contributed by atoms with Gasteiger partial charge in [-0.2, -0.15) is 0 Å². The van der Waals surface area contributed by atoms with Crippen molar-refractivity contribution >= 4 is 39.5 Å². The minimum atomic E-state index is -4.98. The Balaban J connectivity index is 5.36. The van der Waals surface area contributed by atoms with Crippen molar-refractivity contribution in [2.45, 2.75) is 342 Å². The van der Waals surface area contributed by atoms with Gasteiger partial charge in [0.1, 0.15) is 19.3 Å². The van der Waals surface area contributed by atoms with E-state index >= 15 is 0 Å². The minimum absolute atomic E-state index is 0.0755. The highest BCUT2D eigenvalue weighted by molar-refractivity contribution is 7.47. The third-order valence-corrected chi connectivity index (χ3v) is 18.2. The van der Waals surface area contributed by atoms with E-state index < -0.39 is 97.5 Å². The van der Waals surface area contributed by atoms with E-state index in [2.05, 4.69) is 108 Å². The minimum Gasteiger partial charge on any atom is -0.462 e. The van der Waals surface area contributed by atoms with Crippen molar-refractivity contribution in [1.82, 2.24) is 0 Å². The van der Waals surface area contributed by atoms with Gasteiger partial charge in [-0.15, -0.1) is 0 Å². The Morgan fingerprint density at radius 2 is 0.589 bits per heavy atom. The lowest BCUT2D eigenvalue weighted by atomic mass is 10.00. The molecule has 17 nitrogen and oxygen atoms in total. The highest BCUT2D eigenvalue weighted by Crippen LogP contribution is 2.45. The summed E-state index contributed by atoms with van der Waals surface area (Å²) in [6.45, 7) is 7.04. The fourth-order valence-electron chi connectivity index (χ4n) is 10.1. The molecule has 19 heteroatoms. The van der Waals surface area contributed by atoms with E-state index in [0.29, 0.717) is 25.7 Å². The van der Waals surface area contributed by atoms with Gasteiger partial charge in [0, 0.05) is 25.7 Å². The number of carbonyl (C=O) groups is 4. The summed E-state index contributed by atoms with van der Waals surface area (Å²) in [7, 11) is -9.95. The topological polar surface area (TPSA) is 237 Å². The predicted octanol–water partition coefficient (Wildman–Crippen LogP) is 21.1. The first-order chi connectivity index (χ1) is 46.1. The van der Waals surface area contributed by atoms with E-state index in [4.69, 9.17) is 37.0 Å². The molecule has 95 heavy (non-hydrogen) atoms. The molecule has 0 radical (unpaired) electrons. The lowest BCUT2D eigenvalue weighted by molar-refractivity contribution is -0.161. The van der Waals surface area contributed by atoms with Crippen molar-refractivity contribution in [3.63, 3.8) is 0 Å². The fourth-order valence-corrected chi connectivity index (χ4v) is 11.6. The predicted molar refractivity (Wildman–Crippen MR) is 386 cm³/mol. The maximum atomic E-state index is 13.1. The van der Waals surface area contributed by atoms with Crippen molar-refractivity contribution < 1.29 is 80.2 Å². The van der Waals surface area contributed by atoms with Gasteiger partial charge >= 0.3 is 39.5 Å². The molecule has 0 heterocycles. The standard InChI is InChI=1S/C76H136O17P2/c1-6-10-13-16-19-22-25-28-31-34-37-40-43-49-54-59-73(78)86-65-71(92-75(80)61-56-51-44-41-38-35-32-29-26-23-20-17-14-11-7-2)67-90-94(82,83)88-63-70(77)64-89-95(84,85)91-68-72(66-87-74(79)60-55-50-47-46-48-53-58-69(5)9-4)93-76(81)62-57-52-45-42-39-36-33-30-27-24-21-18-15-12-8-3/h22-33,69-72,77H,6-21,34-68H2,1-5H3,(H,82,83)(H,84,85)/b25-22-,26-23-,27-24-,31-28-,32-29-,33-30-/t69?,70-,71-,72-/m1/s1. The summed E-state index contributed by atoms with van der Waals surface area (Å²) in [5.41, 5.74) is 0. The maximum Gasteiger partial charge on any atom is 0.472 e. The number of esters is 4. The van der Waals surface area contributed by atoms with Gasteiger partial charge in [-0.1, -0.05) is 268 Å². The molecule has 3 N–H and O–H groups in total. The van der Waals surface area contributed by atoms with E-state index in [0.717, 1.165) is 147 Å². The number of phosphoric acid groups is 2. The van der Waals surface area contributed by atoms with Gasteiger partial charge in [0.25, 0.3) is 0 Å². The van der Waals surface area contributed by atoms with Crippen LogP contribution < -0.4 is 0 Å². The second-order valence-corrected chi connectivity index (χ2v) is 28.5. The van der Waals surface area contributed by atoms with Crippen LogP contribution in [-0.4, -0.2) is 96.7 Å². The summed E-state index contributed by atoms with van der Waals surface area (Å²) >= 11 is 0. The van der Waals surface area contributed by atoms with Crippen LogP contribution >= 0.6 is 15.6 Å². The smallest absolute Gasteiger partial charge is 0.462 e. The normalized spacial score (nSPS) is 14.7. The van der Waals surface area contributed by atoms with Gasteiger partial charge in [-0.3, -0.25) is 37.3 Å². The van der Waals surface area contributed by atoms with Crippen molar-refractivity contribution in [2.24, 2.45) is 5.92 Å². The summed E-state index contributed by atoms with van der Waals surface area (Å²) in [6.07, 6.45) is 64.8. The number of unbranched alkanes of at least 4 members (excludes halogenated alkanes) is 32. The summed E-state index contributed by atoms with van der Waals surface area (Å²) in [5.74, 6) is -1.48. The SMILES string of the molecule is CCCCCC/C=C\C=C/CCCCCCCC(=O)OC[C@H](COP(=O)(O)OC[C@@H](O)COP(=O)(O)OC[C@@H](COC(=O)CCCCCCCCC(C)CC)OC(=O)CCCCCCC/C=C\C=C/CCCCCC)OC(=O)CCCCCCC/C=C\C=C/CCCCCC. The molecule has 0 amide bonds. The molecule has 3 unspecified atom stereocenters. The Kier molecular flexibility index (Phi) is 65.2. The zero-order chi connectivity index (χ0) is 69.8. The molecule has 0 aromatic rings. The molecular formula is C76H136O17P2. The molecule has 0 fully saturated rings. The van der Waals surface area contributed by atoms with Crippen LogP contribution in [0.3, 0.4) is 0 Å². The first-order valence-electron chi connectivity index (χ1n) is 37.6. The van der Waals surface area contributed by atoms with Gasteiger partial charge in [0.15, 0.2) is 12.2 Å². The molecule has 0 aromatic heterocycles. The van der Waals surface area contributed by atoms with Crippen LogP contribution in [-0.2, 0) is 65.4 Å². The lowest BCUT2D eigenvalue weighted by Gasteiger charge is -2.21. The zero-order valence-electron chi connectivity index (χ0n) is 60.3. The first kappa shape index (κ1) is 91.5. The number of hydrogen-bond donors (Lipinski definition) is 3. The third-order valence-electron chi connectivity index (χ3n) is 16.3. The van der Waals surface area contributed by atoms with Crippen molar-refractivity contribution in [1.29, 1.82) is 0 Å². The van der Waals surface area contributed by atoms with Crippen LogP contribution in [0.4, 0.5) is 0 Å². The quantitative estimate of drug-likeness (QED) is 0.0169. The summed E-state index contributed by atoms with van der Waals surface area (Å²) in [4.78, 5) is 72.7. The molecule has 0 bridgehead atoms. The Labute approximate surface area is 577 Å². The third kappa shape index (κ3) is 67.5. The van der Waals surface area contributed by atoms with Crippen molar-refractivity contribution in [3.8, 4) is 0 Å². The van der Waals surface area contributed by atoms with Gasteiger partial charge in [0.05, 0.1) is 26.4 Å². The number of aliphatic hydroxyl groups is 1. The van der Waals surface area contributed by atoms with Crippen LogP contribution in [0.1, 0.15) is 324 Å². The van der Waals surface area contributed by atoms with Crippen molar-refractivity contribution in [3.05, 3.63) is 72.9 Å². The van der Waals surface area contributed by atoms with Crippen LogP contribution in [0.15, 0.2) is 72.9 Å². The van der Waals surface area contributed by atoms with Crippen LogP contribution in [0, 0.1) is 5.92 Å². The lowest BCUT2D eigenvalue weighted by Crippen LogP contribution is -2.30. The number of phosphoric ester groups is 2. The van der Waals surface area contributed by atoms with Crippen molar-refractivity contribution in [2.75, 3.05) is 39.6 Å². The highest BCUT2D eigenvalue weighted by Gasteiger charge is 2.30. The summed E-state index contributed by atoms with van der Waals surface area (Å²) in [5, 5.41) is 10.6. The largest absolute Gasteiger partial charge is 0.472 e. The van der Waals surface area contributed by atoms with E-state index in [9.17, 15) is 43.2 Å². The number of aliphatic hydroxyl groups excluding tert-OH is 1. The molecule has 0 aliphatic carbocycles. The van der Waals surface area contributed by atoms with Gasteiger partial charge < -0.3 is 33.8 Å². The van der Waals surface area contributed by atoms with Gasteiger partial charge in [-0.05, 0) is 109 Å². The zero-order valence-corrected chi connectivity index (χ0v) is 62.0. The molecule has 0 aliphatic rings. The van der Waals surface area contributed by atoms with E-state index in [1.807, 2.05) is 0 Å². The Hall–Kier alpha value is -3.50. The van der Waals surface area contributed by atoms with Crippen LogP contribution in [0.2, 0.25) is 0 Å². The second kappa shape index (κ2) is 67.7. The number of hydrogen-bond acceptors (Lipinski definition) is 15. The maximum absolute atomic E-state index is 13.1. The molecule has 0 aliphatic heterocycles. The molecule has 552 valence electrons. The molecule has 6 atom stereocenters. The molecule has 0 rings (SSSR count). The Morgan fingerprint density at radius 1 is 0.337 bits per heavy atom. The molecule has 0 spiro atoms. The van der Waals surface area contributed by atoms with Crippen LogP contribution in [0.25, 0.3) is 0 Å². The van der Waals surface area contributed by atoms with E-state index in [1.54, 1.807) is 0 Å². The fraction of sp³-hybridized carbons (Fsp3) is 0.789. The molecule has 0 aromatic carbocycles. The summed E-state index contributed by atoms with van der Waals surface area (Å²) in [6, 6.07) is 0. The van der Waals surface area contributed by atoms with Gasteiger partial charge in [-0.25, -0.2) is 9.13 Å². The van der Waals surface area contributed by atoms with E-state index in [-0.39, 0.29) is 25.7 Å². The van der Waals surface area contributed by atoms with E-state index in [1.165, 1.54) is 96.3 Å². The highest BCUT2D eigenvalue weighted by atomic mass is 31.2. The average molecular weight is 1380 g/mol. The molecule has 0 saturated carbocycles. The first-order valence-corrected chi connectivity index (χ1v) is 40.6. The summed E-state index contributed by atoms with van der Waals surface area (Å²) < 4.78 is 68.4.